The van der Waals surface area contributed by atoms with Crippen LogP contribution in [-0.4, -0.2) is 29.9 Å². The SMILES string of the molecule is CC1C=C(c2nc(-c3ccccc3)nc(-c3ccccc3)n2)C=C(c2cc(C#N)cc(-c3ccccc3-c3cccc(-c4nc(-c5ccccc5)nc(-c5ccccc5)n4)c3)c2)C1. The molecule has 1 aliphatic carbocycles. The normalized spacial score (nSPS) is 13.4. The number of nitriles is 1. The predicted molar refractivity (Wildman–Crippen MR) is 252 cm³/mol. The van der Waals surface area contributed by atoms with Crippen LogP contribution in [0.3, 0.4) is 0 Å². The second-order valence-electron chi connectivity index (χ2n) is 15.6. The Hall–Kier alpha value is -8.47. The number of aromatic nitrogens is 6. The molecular formula is C56H39N7. The van der Waals surface area contributed by atoms with Crippen molar-refractivity contribution < 1.29 is 0 Å². The fraction of sp³-hybridized carbons (Fsp3) is 0.0536. The lowest BCUT2D eigenvalue weighted by Crippen LogP contribution is -2.07. The van der Waals surface area contributed by atoms with Gasteiger partial charge in [-0.15, -0.1) is 0 Å². The van der Waals surface area contributed by atoms with E-state index in [2.05, 4.69) is 61.5 Å². The number of benzene rings is 7. The minimum Gasteiger partial charge on any atom is -0.208 e. The third-order valence-corrected chi connectivity index (χ3v) is 11.1. The van der Waals surface area contributed by atoms with Crippen LogP contribution in [0.4, 0.5) is 0 Å². The Kier molecular flexibility index (Phi) is 10.6. The molecule has 2 heterocycles. The summed E-state index contributed by atoms with van der Waals surface area (Å²) in [5.41, 5.74) is 12.1. The van der Waals surface area contributed by atoms with Gasteiger partial charge in [-0.2, -0.15) is 5.26 Å². The Morgan fingerprint density at radius 3 is 1.27 bits per heavy atom. The fourth-order valence-corrected chi connectivity index (χ4v) is 8.07. The largest absolute Gasteiger partial charge is 0.208 e. The molecule has 298 valence electrons. The highest BCUT2D eigenvalue weighted by molar-refractivity contribution is 5.90. The number of hydrogen-bond acceptors (Lipinski definition) is 7. The van der Waals surface area contributed by atoms with Crippen molar-refractivity contribution in [2.75, 3.05) is 0 Å². The maximum Gasteiger partial charge on any atom is 0.164 e. The molecule has 1 unspecified atom stereocenters. The molecule has 0 amide bonds. The van der Waals surface area contributed by atoms with Gasteiger partial charge in [0.15, 0.2) is 34.9 Å². The number of allylic oxidation sites excluding steroid dienone is 4. The highest BCUT2D eigenvalue weighted by Gasteiger charge is 2.21. The Balaban J connectivity index is 1.04. The van der Waals surface area contributed by atoms with Crippen LogP contribution in [0, 0.1) is 17.2 Å². The van der Waals surface area contributed by atoms with Crippen LogP contribution in [0.25, 0.3) is 90.3 Å². The zero-order valence-corrected chi connectivity index (χ0v) is 34.5. The summed E-state index contributed by atoms with van der Waals surface area (Å²) in [5.74, 6) is 3.85. The quantitative estimate of drug-likeness (QED) is 0.143. The molecule has 0 aliphatic heterocycles. The van der Waals surface area contributed by atoms with Gasteiger partial charge in [-0.3, -0.25) is 0 Å². The Morgan fingerprint density at radius 1 is 0.397 bits per heavy atom. The summed E-state index contributed by atoms with van der Waals surface area (Å²) in [4.78, 5) is 29.8. The van der Waals surface area contributed by atoms with E-state index in [-0.39, 0.29) is 5.92 Å². The molecule has 1 atom stereocenters. The van der Waals surface area contributed by atoms with Crippen LogP contribution in [0.15, 0.2) is 200 Å². The standard InChI is InChI=1S/C56H39N7/c1-37-29-45(35-48(30-37)56-62-53(41-21-10-4-11-22-41)59-54(63-56)42-23-12-5-13-24-42)46-31-38(36-57)32-47(34-46)50-28-15-14-27-49(50)43-25-16-26-44(33-43)55-60-51(39-17-6-2-7-18-39)58-52(61-55)40-19-8-3-9-20-40/h2-28,30-35,37H,29H2,1H3. The second-order valence-corrected chi connectivity index (χ2v) is 15.6. The summed E-state index contributed by atoms with van der Waals surface area (Å²) in [7, 11) is 0. The summed E-state index contributed by atoms with van der Waals surface area (Å²) < 4.78 is 0. The molecule has 63 heavy (non-hydrogen) atoms. The van der Waals surface area contributed by atoms with Crippen molar-refractivity contribution in [3.05, 3.63) is 217 Å². The highest BCUT2D eigenvalue weighted by atomic mass is 15.0. The Morgan fingerprint density at radius 2 is 0.778 bits per heavy atom. The zero-order chi connectivity index (χ0) is 42.5. The van der Waals surface area contributed by atoms with E-state index < -0.39 is 0 Å². The van der Waals surface area contributed by atoms with Gasteiger partial charge in [0, 0.05) is 33.4 Å². The van der Waals surface area contributed by atoms with Crippen LogP contribution < -0.4 is 0 Å². The lowest BCUT2D eigenvalue weighted by atomic mass is 9.85. The molecule has 0 saturated carbocycles. The number of hydrogen-bond donors (Lipinski definition) is 0. The van der Waals surface area contributed by atoms with E-state index in [9.17, 15) is 5.26 Å². The molecule has 0 N–H and O–H groups in total. The topological polar surface area (TPSA) is 101 Å². The van der Waals surface area contributed by atoms with E-state index in [4.69, 9.17) is 29.9 Å². The molecule has 0 fully saturated rings. The second kappa shape index (κ2) is 17.3. The first-order chi connectivity index (χ1) is 31.0. The molecule has 7 aromatic carbocycles. The zero-order valence-electron chi connectivity index (χ0n) is 34.5. The van der Waals surface area contributed by atoms with Crippen molar-refractivity contribution in [2.45, 2.75) is 13.3 Å². The van der Waals surface area contributed by atoms with Gasteiger partial charge >= 0.3 is 0 Å². The molecule has 10 rings (SSSR count). The fourth-order valence-electron chi connectivity index (χ4n) is 8.07. The summed E-state index contributed by atoms with van der Waals surface area (Å²) in [6.07, 6.45) is 5.21. The molecule has 2 aromatic heterocycles. The summed E-state index contributed by atoms with van der Waals surface area (Å²) in [6.45, 7) is 2.21. The average molecular weight is 810 g/mol. The molecule has 0 spiro atoms. The lowest BCUT2D eigenvalue weighted by molar-refractivity contribution is 0.750. The molecule has 1 aliphatic rings. The average Bonchev–Trinajstić information content (AvgIpc) is 3.37. The van der Waals surface area contributed by atoms with E-state index in [0.717, 1.165) is 73.2 Å². The van der Waals surface area contributed by atoms with Gasteiger partial charge in [-0.1, -0.05) is 177 Å². The first kappa shape index (κ1) is 38.7. The van der Waals surface area contributed by atoms with Gasteiger partial charge in [0.1, 0.15) is 0 Å². The first-order valence-electron chi connectivity index (χ1n) is 21.0. The van der Waals surface area contributed by atoms with E-state index >= 15 is 0 Å². The Labute approximate surface area is 366 Å². The molecular weight excluding hydrogens is 771 g/mol. The molecule has 7 heteroatoms. The van der Waals surface area contributed by atoms with E-state index in [1.54, 1.807) is 0 Å². The number of rotatable bonds is 9. The third kappa shape index (κ3) is 8.34. The predicted octanol–water partition coefficient (Wildman–Crippen LogP) is 13.1. The van der Waals surface area contributed by atoms with Crippen molar-refractivity contribution in [3.63, 3.8) is 0 Å². The van der Waals surface area contributed by atoms with Gasteiger partial charge in [-0.05, 0) is 76.1 Å². The summed E-state index contributed by atoms with van der Waals surface area (Å²) in [6, 6.07) is 65.3. The summed E-state index contributed by atoms with van der Waals surface area (Å²) in [5, 5.41) is 10.4. The van der Waals surface area contributed by atoms with Crippen molar-refractivity contribution >= 4 is 11.1 Å². The van der Waals surface area contributed by atoms with Gasteiger partial charge in [0.25, 0.3) is 0 Å². The van der Waals surface area contributed by atoms with Crippen LogP contribution in [0.5, 0.6) is 0 Å². The molecule has 0 bridgehead atoms. The maximum atomic E-state index is 10.4. The highest BCUT2D eigenvalue weighted by Crippen LogP contribution is 2.39. The molecule has 0 radical (unpaired) electrons. The lowest BCUT2D eigenvalue weighted by Gasteiger charge is -2.20. The minimum absolute atomic E-state index is 0.196. The maximum absolute atomic E-state index is 10.4. The minimum atomic E-state index is 0.196. The molecule has 9 aromatic rings. The number of nitrogens with zero attached hydrogens (tertiary/aromatic N) is 7. The molecule has 7 nitrogen and oxygen atoms in total. The van der Waals surface area contributed by atoms with Gasteiger partial charge in [-0.25, -0.2) is 29.9 Å². The first-order valence-corrected chi connectivity index (χ1v) is 21.0. The van der Waals surface area contributed by atoms with E-state index in [1.807, 2.05) is 152 Å². The van der Waals surface area contributed by atoms with Gasteiger partial charge in [0.2, 0.25) is 0 Å². The third-order valence-electron chi connectivity index (χ3n) is 11.1. The van der Waals surface area contributed by atoms with Gasteiger partial charge < -0.3 is 0 Å². The monoisotopic (exact) mass is 809 g/mol. The van der Waals surface area contributed by atoms with Crippen molar-refractivity contribution in [2.24, 2.45) is 5.92 Å². The smallest absolute Gasteiger partial charge is 0.164 e. The van der Waals surface area contributed by atoms with Crippen LogP contribution >= 0.6 is 0 Å². The van der Waals surface area contributed by atoms with Crippen molar-refractivity contribution in [1.29, 1.82) is 5.26 Å². The van der Waals surface area contributed by atoms with Crippen LogP contribution in [-0.2, 0) is 0 Å². The molecule has 0 saturated heterocycles. The van der Waals surface area contributed by atoms with Gasteiger partial charge in [0.05, 0.1) is 11.6 Å². The van der Waals surface area contributed by atoms with Crippen LogP contribution in [0.2, 0.25) is 0 Å². The van der Waals surface area contributed by atoms with E-state index in [1.165, 1.54) is 0 Å². The van der Waals surface area contributed by atoms with Crippen LogP contribution in [0.1, 0.15) is 30.3 Å². The summed E-state index contributed by atoms with van der Waals surface area (Å²) >= 11 is 0. The Bertz CT molecular complexity index is 3100. The van der Waals surface area contributed by atoms with Crippen molar-refractivity contribution in [1.82, 2.24) is 29.9 Å². The van der Waals surface area contributed by atoms with Crippen molar-refractivity contribution in [3.8, 4) is 85.3 Å². The van der Waals surface area contributed by atoms with E-state index in [0.29, 0.717) is 40.5 Å².